The average Bonchev–Trinajstić information content (AvgIpc) is 2.76. The minimum atomic E-state index is 0.256. The molecule has 3 unspecified atom stereocenters. The first kappa shape index (κ1) is 14.5. The maximum Gasteiger partial charge on any atom is 0.0774 e. The second kappa shape index (κ2) is 6.51. The highest BCUT2D eigenvalue weighted by Gasteiger charge is 2.31. The van der Waals surface area contributed by atoms with Gasteiger partial charge in [0.1, 0.15) is 0 Å². The van der Waals surface area contributed by atoms with Crippen LogP contribution in [0.3, 0.4) is 0 Å². The number of likely N-dealkylation sites (N-methyl/N-ethyl adjacent to an activating group) is 1. The number of hydrogen-bond donors (Lipinski definition) is 1. The summed E-state index contributed by atoms with van der Waals surface area (Å²) in [6.45, 7) is 5.23. The van der Waals surface area contributed by atoms with Crippen LogP contribution < -0.4 is 5.32 Å². The molecular weight excluding hydrogens is 358 g/mol. The van der Waals surface area contributed by atoms with Crippen molar-refractivity contribution in [2.45, 2.75) is 44.9 Å². The van der Waals surface area contributed by atoms with Crippen LogP contribution in [0.1, 0.15) is 38.3 Å². The van der Waals surface area contributed by atoms with E-state index in [-0.39, 0.29) is 12.1 Å². The summed E-state index contributed by atoms with van der Waals surface area (Å²) < 4.78 is 8.27. The molecule has 1 aromatic rings. The van der Waals surface area contributed by atoms with Gasteiger partial charge in [0.2, 0.25) is 0 Å². The maximum atomic E-state index is 6.03. The average molecular weight is 377 g/mol. The van der Waals surface area contributed by atoms with Gasteiger partial charge in [-0.05, 0) is 50.1 Å². The summed E-state index contributed by atoms with van der Waals surface area (Å²) in [4.78, 5) is 0. The number of halogens is 2. The Hall–Kier alpha value is 0.1000. The highest BCUT2D eigenvalue weighted by Crippen LogP contribution is 2.34. The monoisotopic (exact) mass is 375 g/mol. The van der Waals surface area contributed by atoms with Gasteiger partial charge in [-0.15, -0.1) is 0 Å². The lowest BCUT2D eigenvalue weighted by Crippen LogP contribution is -2.32. The number of benzene rings is 1. The molecule has 100 valence electrons. The smallest absolute Gasteiger partial charge is 0.0774 e. The zero-order valence-electron chi connectivity index (χ0n) is 10.7. The van der Waals surface area contributed by atoms with E-state index in [1.807, 2.05) is 0 Å². The van der Waals surface area contributed by atoms with Gasteiger partial charge < -0.3 is 10.1 Å². The first-order chi connectivity index (χ1) is 8.61. The summed E-state index contributed by atoms with van der Waals surface area (Å²) in [5.74, 6) is 0. The lowest BCUT2D eigenvalue weighted by atomic mass is 9.99. The van der Waals surface area contributed by atoms with E-state index in [1.54, 1.807) is 0 Å². The molecule has 0 aromatic heterocycles. The Morgan fingerprint density at radius 3 is 2.78 bits per heavy atom. The van der Waals surface area contributed by atoms with Crippen LogP contribution in [0.4, 0.5) is 0 Å². The van der Waals surface area contributed by atoms with Crippen molar-refractivity contribution in [2.24, 2.45) is 0 Å². The van der Waals surface area contributed by atoms with Gasteiger partial charge in [0.15, 0.2) is 0 Å². The van der Waals surface area contributed by atoms with Gasteiger partial charge in [0.25, 0.3) is 0 Å². The predicted molar refractivity (Wildman–Crippen MR) is 81.8 cm³/mol. The quantitative estimate of drug-likeness (QED) is 0.839. The fourth-order valence-corrected chi connectivity index (χ4v) is 3.37. The summed E-state index contributed by atoms with van der Waals surface area (Å²) in [6, 6.07) is 6.56. The molecule has 4 heteroatoms. The number of nitrogens with one attached hydrogen (secondary N) is 1. The van der Waals surface area contributed by atoms with Crippen molar-refractivity contribution in [2.75, 3.05) is 6.54 Å². The Morgan fingerprint density at radius 1 is 1.39 bits per heavy atom. The molecule has 3 atom stereocenters. The minimum Gasteiger partial charge on any atom is -0.373 e. The first-order valence-corrected chi connectivity index (χ1v) is 8.04. The Bertz CT molecular complexity index is 411. The Morgan fingerprint density at radius 2 is 2.17 bits per heavy atom. The van der Waals surface area contributed by atoms with Gasteiger partial charge in [-0.3, -0.25) is 0 Å². The third-order valence-electron chi connectivity index (χ3n) is 3.35. The van der Waals surface area contributed by atoms with Gasteiger partial charge >= 0.3 is 0 Å². The SMILES string of the molecule is CCNC(c1cc(Br)ccc1Br)C1CCC(C)O1. The summed E-state index contributed by atoms with van der Waals surface area (Å²) in [7, 11) is 0. The second-order valence-corrected chi connectivity index (χ2v) is 6.53. The second-order valence-electron chi connectivity index (χ2n) is 4.76. The van der Waals surface area contributed by atoms with Crippen LogP contribution in [-0.4, -0.2) is 18.8 Å². The van der Waals surface area contributed by atoms with Crippen molar-refractivity contribution in [1.82, 2.24) is 5.32 Å². The fourth-order valence-electron chi connectivity index (χ4n) is 2.49. The minimum absolute atomic E-state index is 0.256. The van der Waals surface area contributed by atoms with Crippen LogP contribution in [0, 0.1) is 0 Å². The standard InChI is InChI=1S/C14H19Br2NO/c1-3-17-14(13-7-4-9(2)18-13)11-8-10(15)5-6-12(11)16/h5-6,8-9,13-14,17H,3-4,7H2,1-2H3. The van der Waals surface area contributed by atoms with Crippen LogP contribution in [-0.2, 0) is 4.74 Å². The van der Waals surface area contributed by atoms with E-state index >= 15 is 0 Å². The van der Waals surface area contributed by atoms with Crippen molar-refractivity contribution >= 4 is 31.9 Å². The van der Waals surface area contributed by atoms with Crippen molar-refractivity contribution in [1.29, 1.82) is 0 Å². The molecule has 0 bridgehead atoms. The Labute approximate surface area is 126 Å². The summed E-state index contributed by atoms with van der Waals surface area (Å²) >= 11 is 7.19. The van der Waals surface area contributed by atoms with Gasteiger partial charge in [0, 0.05) is 8.95 Å². The third kappa shape index (κ3) is 3.35. The van der Waals surface area contributed by atoms with Gasteiger partial charge in [-0.2, -0.15) is 0 Å². The molecule has 0 saturated carbocycles. The van der Waals surface area contributed by atoms with Crippen molar-refractivity contribution in [3.8, 4) is 0 Å². The van der Waals surface area contributed by atoms with Gasteiger partial charge in [-0.1, -0.05) is 38.8 Å². The molecule has 18 heavy (non-hydrogen) atoms. The maximum absolute atomic E-state index is 6.03. The van der Waals surface area contributed by atoms with Crippen molar-refractivity contribution in [3.63, 3.8) is 0 Å². The molecule has 0 radical (unpaired) electrons. The summed E-state index contributed by atoms with van der Waals surface area (Å²) in [6.07, 6.45) is 2.92. The van der Waals surface area contributed by atoms with E-state index in [2.05, 4.69) is 69.2 Å². The normalized spacial score (nSPS) is 25.3. The topological polar surface area (TPSA) is 21.3 Å². The van der Waals surface area contributed by atoms with Crippen LogP contribution in [0.25, 0.3) is 0 Å². The van der Waals surface area contributed by atoms with E-state index in [0.717, 1.165) is 28.3 Å². The molecule has 2 nitrogen and oxygen atoms in total. The van der Waals surface area contributed by atoms with Crippen molar-refractivity contribution in [3.05, 3.63) is 32.7 Å². The Kier molecular flexibility index (Phi) is 5.24. The zero-order valence-corrected chi connectivity index (χ0v) is 13.9. The third-order valence-corrected chi connectivity index (χ3v) is 4.57. The molecule has 1 aromatic carbocycles. The summed E-state index contributed by atoms with van der Waals surface area (Å²) in [5.41, 5.74) is 1.27. The van der Waals surface area contributed by atoms with E-state index in [0.29, 0.717) is 6.10 Å². The van der Waals surface area contributed by atoms with Crippen LogP contribution in [0.5, 0.6) is 0 Å². The van der Waals surface area contributed by atoms with E-state index in [9.17, 15) is 0 Å². The van der Waals surface area contributed by atoms with E-state index < -0.39 is 0 Å². The number of hydrogen-bond acceptors (Lipinski definition) is 2. The van der Waals surface area contributed by atoms with E-state index in [1.165, 1.54) is 5.56 Å². The number of ether oxygens (including phenoxy) is 1. The molecule has 1 fully saturated rings. The zero-order chi connectivity index (χ0) is 13.1. The molecule has 2 rings (SSSR count). The lowest BCUT2D eigenvalue weighted by Gasteiger charge is -2.26. The van der Waals surface area contributed by atoms with Crippen molar-refractivity contribution < 1.29 is 4.74 Å². The molecule has 0 aliphatic carbocycles. The summed E-state index contributed by atoms with van der Waals surface area (Å²) in [5, 5.41) is 3.55. The van der Waals surface area contributed by atoms with E-state index in [4.69, 9.17) is 4.74 Å². The molecular formula is C14H19Br2NO. The fraction of sp³-hybridized carbons (Fsp3) is 0.571. The molecule has 1 aliphatic heterocycles. The van der Waals surface area contributed by atoms with Crippen LogP contribution >= 0.6 is 31.9 Å². The molecule has 0 amide bonds. The molecule has 1 heterocycles. The van der Waals surface area contributed by atoms with Gasteiger partial charge in [-0.25, -0.2) is 0 Å². The first-order valence-electron chi connectivity index (χ1n) is 6.45. The Balaban J connectivity index is 2.26. The van der Waals surface area contributed by atoms with Gasteiger partial charge in [0.05, 0.1) is 18.2 Å². The largest absolute Gasteiger partial charge is 0.373 e. The van der Waals surface area contributed by atoms with Crippen LogP contribution in [0.15, 0.2) is 27.1 Å². The highest BCUT2D eigenvalue weighted by atomic mass is 79.9. The highest BCUT2D eigenvalue weighted by molar-refractivity contribution is 9.11. The molecule has 1 aliphatic rings. The van der Waals surface area contributed by atoms with Crippen LogP contribution in [0.2, 0.25) is 0 Å². The molecule has 1 saturated heterocycles. The number of rotatable bonds is 4. The lowest BCUT2D eigenvalue weighted by molar-refractivity contribution is 0.0318. The molecule has 1 N–H and O–H groups in total. The molecule has 0 spiro atoms. The predicted octanol–water partition coefficient (Wildman–Crippen LogP) is 4.43.